The third kappa shape index (κ3) is 4.20. The molecule has 3 heteroatoms. The van der Waals surface area contributed by atoms with Crippen LogP contribution in [0.15, 0.2) is 72.8 Å². The second kappa shape index (κ2) is 7.53. The number of benzene rings is 2. The van der Waals surface area contributed by atoms with Gasteiger partial charge in [0.15, 0.2) is 5.60 Å². The smallest absolute Gasteiger partial charge is 0.343 e. The van der Waals surface area contributed by atoms with E-state index in [2.05, 4.69) is 30.3 Å². The maximum absolute atomic E-state index is 12.7. The van der Waals surface area contributed by atoms with Gasteiger partial charge < -0.3 is 9.47 Å². The van der Waals surface area contributed by atoms with Crippen molar-refractivity contribution < 1.29 is 14.3 Å². The molecule has 0 bridgehead atoms. The van der Waals surface area contributed by atoms with Crippen LogP contribution in [0.25, 0.3) is 16.7 Å². The number of carbonyl (C=O) groups is 1. The summed E-state index contributed by atoms with van der Waals surface area (Å²) in [6, 6.07) is 18.6. The predicted octanol–water partition coefficient (Wildman–Crippen LogP) is 5.42. The SMILES string of the molecule is COC1(C(=O)OC(C)(C)C)C=CC(c2ccccc2-c2ccccc2)=CC1. The van der Waals surface area contributed by atoms with E-state index in [-0.39, 0.29) is 5.97 Å². The molecule has 1 aliphatic rings. The quantitative estimate of drug-likeness (QED) is 0.681. The first-order valence-corrected chi connectivity index (χ1v) is 9.17. The molecular weight excluding hydrogens is 336 g/mol. The lowest BCUT2D eigenvalue weighted by Crippen LogP contribution is -2.44. The highest BCUT2D eigenvalue weighted by atomic mass is 16.6. The first-order chi connectivity index (χ1) is 12.8. The molecule has 0 amide bonds. The van der Waals surface area contributed by atoms with Crippen molar-refractivity contribution in [2.45, 2.75) is 38.4 Å². The van der Waals surface area contributed by atoms with Crippen molar-refractivity contribution in [3.05, 3.63) is 78.4 Å². The van der Waals surface area contributed by atoms with E-state index in [1.165, 1.54) is 0 Å². The molecule has 0 aromatic heterocycles. The maximum atomic E-state index is 12.7. The Morgan fingerprint density at radius 1 is 0.963 bits per heavy atom. The zero-order valence-electron chi connectivity index (χ0n) is 16.4. The summed E-state index contributed by atoms with van der Waals surface area (Å²) < 4.78 is 11.1. The Balaban J connectivity index is 1.91. The van der Waals surface area contributed by atoms with Crippen LogP contribution >= 0.6 is 0 Å². The van der Waals surface area contributed by atoms with Crippen molar-refractivity contribution in [2.75, 3.05) is 7.11 Å². The van der Waals surface area contributed by atoms with E-state index in [9.17, 15) is 4.79 Å². The van der Waals surface area contributed by atoms with Crippen molar-refractivity contribution in [1.29, 1.82) is 0 Å². The topological polar surface area (TPSA) is 35.5 Å². The Morgan fingerprint density at radius 2 is 1.59 bits per heavy atom. The van der Waals surface area contributed by atoms with Gasteiger partial charge in [0.05, 0.1) is 0 Å². The Morgan fingerprint density at radius 3 is 2.15 bits per heavy atom. The average Bonchev–Trinajstić information content (AvgIpc) is 2.67. The largest absolute Gasteiger partial charge is 0.458 e. The summed E-state index contributed by atoms with van der Waals surface area (Å²) in [5.74, 6) is -0.361. The molecule has 140 valence electrons. The van der Waals surface area contributed by atoms with Crippen LogP contribution in [0.2, 0.25) is 0 Å². The molecule has 2 aromatic carbocycles. The van der Waals surface area contributed by atoms with Crippen LogP contribution in [0.3, 0.4) is 0 Å². The molecule has 1 unspecified atom stereocenters. The number of hydrogen-bond donors (Lipinski definition) is 0. The van der Waals surface area contributed by atoms with Gasteiger partial charge in [-0.3, -0.25) is 0 Å². The highest BCUT2D eigenvalue weighted by Crippen LogP contribution is 2.35. The van der Waals surface area contributed by atoms with Gasteiger partial charge in [-0.2, -0.15) is 0 Å². The van der Waals surface area contributed by atoms with E-state index in [4.69, 9.17) is 9.47 Å². The summed E-state index contributed by atoms with van der Waals surface area (Å²) in [4.78, 5) is 12.7. The molecule has 1 atom stereocenters. The van der Waals surface area contributed by atoms with Gasteiger partial charge >= 0.3 is 5.97 Å². The van der Waals surface area contributed by atoms with Crippen molar-refractivity contribution in [3.63, 3.8) is 0 Å². The molecular formula is C24H26O3. The fourth-order valence-electron chi connectivity index (χ4n) is 3.18. The minimum absolute atomic E-state index is 0.361. The number of hydrogen-bond acceptors (Lipinski definition) is 3. The third-order valence-corrected chi connectivity index (χ3v) is 4.59. The molecule has 0 heterocycles. The van der Waals surface area contributed by atoms with Gasteiger partial charge in [0.1, 0.15) is 5.60 Å². The van der Waals surface area contributed by atoms with E-state index in [0.29, 0.717) is 6.42 Å². The molecule has 2 aromatic rings. The monoisotopic (exact) mass is 362 g/mol. The molecule has 0 aliphatic heterocycles. The van der Waals surface area contributed by atoms with Crippen molar-refractivity contribution >= 4 is 11.5 Å². The molecule has 0 saturated carbocycles. The molecule has 1 aliphatic carbocycles. The standard InChI is InChI=1S/C24H26O3/c1-23(2,3)27-22(25)24(26-4)16-14-19(15-17-24)21-13-9-8-12-20(21)18-10-6-5-7-11-18/h5-16H,17H2,1-4H3. The summed E-state index contributed by atoms with van der Waals surface area (Å²) in [7, 11) is 1.55. The molecule has 3 nitrogen and oxygen atoms in total. The highest BCUT2D eigenvalue weighted by molar-refractivity contribution is 5.90. The van der Waals surface area contributed by atoms with E-state index < -0.39 is 11.2 Å². The summed E-state index contributed by atoms with van der Waals surface area (Å²) in [5, 5.41) is 0. The third-order valence-electron chi connectivity index (χ3n) is 4.59. The lowest BCUT2D eigenvalue weighted by Gasteiger charge is -2.32. The van der Waals surface area contributed by atoms with Crippen molar-refractivity contribution in [2.24, 2.45) is 0 Å². The lowest BCUT2D eigenvalue weighted by atomic mass is 9.86. The Bertz CT molecular complexity index is 872. The van der Waals surface area contributed by atoms with Crippen molar-refractivity contribution in [1.82, 2.24) is 0 Å². The zero-order valence-corrected chi connectivity index (χ0v) is 16.4. The van der Waals surface area contributed by atoms with Gasteiger partial charge in [-0.05, 0) is 49.1 Å². The van der Waals surface area contributed by atoms with Crippen LogP contribution in [0.4, 0.5) is 0 Å². The van der Waals surface area contributed by atoms with Crippen LogP contribution in [0.5, 0.6) is 0 Å². The molecule has 0 saturated heterocycles. The van der Waals surface area contributed by atoms with Gasteiger partial charge in [0, 0.05) is 13.5 Å². The molecule has 27 heavy (non-hydrogen) atoms. The molecule has 0 N–H and O–H groups in total. The number of carbonyl (C=O) groups excluding carboxylic acids is 1. The minimum atomic E-state index is -1.07. The summed E-state index contributed by atoms with van der Waals surface area (Å²) >= 11 is 0. The van der Waals surface area contributed by atoms with Crippen LogP contribution in [-0.2, 0) is 14.3 Å². The second-order valence-corrected chi connectivity index (χ2v) is 7.70. The first kappa shape index (κ1) is 19.1. The molecule has 0 radical (unpaired) electrons. The van der Waals surface area contributed by atoms with Gasteiger partial charge in [0.2, 0.25) is 0 Å². The normalized spacial score (nSPS) is 19.5. The fraction of sp³-hybridized carbons (Fsp3) is 0.292. The van der Waals surface area contributed by atoms with Crippen LogP contribution < -0.4 is 0 Å². The number of esters is 1. The second-order valence-electron chi connectivity index (χ2n) is 7.70. The van der Waals surface area contributed by atoms with Crippen LogP contribution in [-0.4, -0.2) is 24.3 Å². The lowest BCUT2D eigenvalue weighted by molar-refractivity contribution is -0.174. The Hall–Kier alpha value is -2.65. The fourth-order valence-corrected chi connectivity index (χ4v) is 3.18. The van der Waals surface area contributed by atoms with E-state index >= 15 is 0 Å². The number of allylic oxidation sites excluding steroid dienone is 2. The molecule has 0 fully saturated rings. The maximum Gasteiger partial charge on any atom is 0.343 e. The number of rotatable bonds is 4. The van der Waals surface area contributed by atoms with Gasteiger partial charge in [-0.15, -0.1) is 0 Å². The first-order valence-electron chi connectivity index (χ1n) is 9.17. The highest BCUT2D eigenvalue weighted by Gasteiger charge is 2.40. The van der Waals surface area contributed by atoms with Crippen LogP contribution in [0, 0.1) is 0 Å². The summed E-state index contributed by atoms with van der Waals surface area (Å²) in [6.07, 6.45) is 6.26. The summed E-state index contributed by atoms with van der Waals surface area (Å²) in [5.41, 5.74) is 2.91. The van der Waals surface area contributed by atoms with Crippen LogP contribution in [0.1, 0.15) is 32.8 Å². The van der Waals surface area contributed by atoms with Gasteiger partial charge in [-0.25, -0.2) is 4.79 Å². The van der Waals surface area contributed by atoms with E-state index in [0.717, 1.165) is 22.3 Å². The Labute approximate surface area is 161 Å². The Kier molecular flexibility index (Phi) is 5.33. The van der Waals surface area contributed by atoms with E-state index in [1.807, 2.05) is 63.3 Å². The van der Waals surface area contributed by atoms with E-state index in [1.54, 1.807) is 7.11 Å². The number of methoxy groups -OCH3 is 1. The van der Waals surface area contributed by atoms with Crippen molar-refractivity contribution in [3.8, 4) is 11.1 Å². The molecule has 3 rings (SSSR count). The zero-order chi connectivity index (χ0) is 19.5. The van der Waals surface area contributed by atoms with Gasteiger partial charge in [-0.1, -0.05) is 66.7 Å². The van der Waals surface area contributed by atoms with Gasteiger partial charge in [0.25, 0.3) is 0 Å². The minimum Gasteiger partial charge on any atom is -0.458 e. The predicted molar refractivity (Wildman–Crippen MR) is 109 cm³/mol. The average molecular weight is 362 g/mol. The number of ether oxygens (including phenoxy) is 2. The molecule has 0 spiro atoms. The summed E-state index contributed by atoms with van der Waals surface area (Å²) in [6.45, 7) is 5.58.